The van der Waals surface area contributed by atoms with E-state index in [9.17, 15) is 4.91 Å². The Labute approximate surface area is 93.0 Å². The average Bonchev–Trinajstić information content (AvgIpc) is 2.34. The van der Waals surface area contributed by atoms with Gasteiger partial charge in [0.1, 0.15) is 10.8 Å². The molecule has 1 aliphatic rings. The first-order valence-corrected chi connectivity index (χ1v) is 4.95. The van der Waals surface area contributed by atoms with Crippen LogP contribution in [0.1, 0.15) is 12.5 Å². The van der Waals surface area contributed by atoms with Crippen LogP contribution in [-0.2, 0) is 4.74 Å². The van der Waals surface area contributed by atoms with E-state index in [2.05, 4.69) is 10.2 Å². The molecular weight excluding hydrogens is 206 g/mol. The van der Waals surface area contributed by atoms with Crippen molar-refractivity contribution in [3.8, 4) is 0 Å². The molecule has 0 bridgehead atoms. The molecule has 0 saturated heterocycles. The van der Waals surface area contributed by atoms with Crippen molar-refractivity contribution in [2.45, 2.75) is 13.0 Å². The fourth-order valence-corrected chi connectivity index (χ4v) is 1.54. The Kier molecular flexibility index (Phi) is 2.76. The fourth-order valence-electron chi connectivity index (χ4n) is 1.54. The lowest BCUT2D eigenvalue weighted by atomic mass is 10.0. The molecule has 1 heterocycles. The number of nitroso groups, excluding NO2 is 1. The van der Waals surface area contributed by atoms with Gasteiger partial charge in [0.25, 0.3) is 0 Å². The molecule has 1 aromatic rings. The monoisotopic (exact) mass is 218 g/mol. The molecular formula is C11H12N3O2+. The standard InChI is InChI=1S/C11H12N3O2/c1-8-10(9-6-4-3-5-7-9)12-13-11(16-2)14(8)15/h3-8H,1-2H3/q+1. The molecule has 0 radical (unpaired) electrons. The van der Waals surface area contributed by atoms with Gasteiger partial charge in [-0.15, -0.1) is 0 Å². The van der Waals surface area contributed by atoms with Crippen LogP contribution in [-0.4, -0.2) is 29.6 Å². The van der Waals surface area contributed by atoms with Crippen LogP contribution in [0.3, 0.4) is 0 Å². The van der Waals surface area contributed by atoms with Gasteiger partial charge in [-0.05, 0) is 12.0 Å². The molecule has 0 amide bonds. The average molecular weight is 218 g/mol. The van der Waals surface area contributed by atoms with E-state index >= 15 is 0 Å². The second kappa shape index (κ2) is 4.22. The largest absolute Gasteiger partial charge is 0.562 e. The number of amidine groups is 1. The van der Waals surface area contributed by atoms with E-state index in [4.69, 9.17) is 4.74 Å². The number of benzene rings is 1. The molecule has 5 heteroatoms. The summed E-state index contributed by atoms with van der Waals surface area (Å²) in [6.45, 7) is 1.77. The smallest absolute Gasteiger partial charge is 0.428 e. The summed E-state index contributed by atoms with van der Waals surface area (Å²) in [6.07, 6.45) is 0. The summed E-state index contributed by atoms with van der Waals surface area (Å²) in [5.41, 5.74) is 1.55. The van der Waals surface area contributed by atoms with Crippen LogP contribution in [0.25, 0.3) is 0 Å². The van der Waals surface area contributed by atoms with Gasteiger partial charge in [-0.25, -0.2) is 0 Å². The van der Waals surface area contributed by atoms with Crippen molar-refractivity contribution in [2.75, 3.05) is 7.11 Å². The van der Waals surface area contributed by atoms with Gasteiger partial charge in [-0.2, -0.15) is 0 Å². The number of rotatable bonds is 1. The molecule has 82 valence electrons. The van der Waals surface area contributed by atoms with Gasteiger partial charge < -0.3 is 4.74 Å². The summed E-state index contributed by atoms with van der Waals surface area (Å²) in [4.78, 5) is 11.7. The Morgan fingerprint density at radius 3 is 2.56 bits per heavy atom. The Hall–Kier alpha value is -2.04. The summed E-state index contributed by atoms with van der Waals surface area (Å²) in [7, 11) is 1.40. The van der Waals surface area contributed by atoms with Gasteiger partial charge in [0.05, 0.1) is 7.11 Å². The van der Waals surface area contributed by atoms with Gasteiger partial charge in [-0.3, -0.25) is 0 Å². The molecule has 1 aromatic carbocycles. The van der Waals surface area contributed by atoms with Crippen molar-refractivity contribution in [3.63, 3.8) is 0 Å². The van der Waals surface area contributed by atoms with Gasteiger partial charge in [0.15, 0.2) is 6.04 Å². The third kappa shape index (κ3) is 1.71. The Balaban J connectivity index is 2.40. The second-order valence-corrected chi connectivity index (χ2v) is 3.44. The topological polar surface area (TPSA) is 54.0 Å². The molecule has 0 saturated carbocycles. The van der Waals surface area contributed by atoms with Crippen LogP contribution in [0.2, 0.25) is 0 Å². The summed E-state index contributed by atoms with van der Waals surface area (Å²) in [5.74, 6) is 0. The van der Waals surface area contributed by atoms with E-state index in [1.54, 1.807) is 6.92 Å². The number of hydrogen-bond acceptors (Lipinski definition) is 4. The normalized spacial score (nSPS) is 20.1. The van der Waals surface area contributed by atoms with E-state index in [1.807, 2.05) is 30.3 Å². The van der Waals surface area contributed by atoms with Crippen molar-refractivity contribution in [1.82, 2.24) is 0 Å². The van der Waals surface area contributed by atoms with Gasteiger partial charge in [0, 0.05) is 10.3 Å². The predicted octanol–water partition coefficient (Wildman–Crippen LogP) is 1.57. The molecule has 0 aliphatic carbocycles. The quantitative estimate of drug-likeness (QED) is 0.672. The maximum atomic E-state index is 11.7. The minimum Gasteiger partial charge on any atom is -0.428 e. The van der Waals surface area contributed by atoms with Crippen LogP contribution < -0.4 is 0 Å². The predicted molar refractivity (Wildman–Crippen MR) is 60.5 cm³/mol. The molecule has 16 heavy (non-hydrogen) atoms. The van der Waals surface area contributed by atoms with E-state index in [1.165, 1.54) is 7.11 Å². The maximum Gasteiger partial charge on any atom is 0.562 e. The number of ether oxygens (including phenoxy) is 1. The highest BCUT2D eigenvalue weighted by atomic mass is 16.5. The summed E-state index contributed by atoms with van der Waals surface area (Å²) in [5, 5.41) is 7.75. The highest BCUT2D eigenvalue weighted by Crippen LogP contribution is 2.12. The first kappa shape index (κ1) is 10.5. The van der Waals surface area contributed by atoms with E-state index in [0.29, 0.717) is 5.71 Å². The van der Waals surface area contributed by atoms with Crippen LogP contribution in [0.5, 0.6) is 0 Å². The van der Waals surface area contributed by atoms with Crippen LogP contribution in [0, 0.1) is 4.91 Å². The SMILES string of the molecule is COC1=NN=C(c2ccccc2)C(C)[N+]1=O. The lowest BCUT2D eigenvalue weighted by Crippen LogP contribution is -2.38. The van der Waals surface area contributed by atoms with Gasteiger partial charge in [0.2, 0.25) is 0 Å². The zero-order valence-electron chi connectivity index (χ0n) is 9.12. The van der Waals surface area contributed by atoms with Gasteiger partial charge in [-0.1, -0.05) is 35.2 Å². The summed E-state index contributed by atoms with van der Waals surface area (Å²) >= 11 is 0. The zero-order valence-corrected chi connectivity index (χ0v) is 9.12. The number of nitrogens with zero attached hydrogens (tertiary/aromatic N) is 3. The molecule has 0 spiro atoms. The lowest BCUT2D eigenvalue weighted by Gasteiger charge is -2.10. The minimum atomic E-state index is -0.394. The molecule has 5 nitrogen and oxygen atoms in total. The van der Waals surface area contributed by atoms with Crippen molar-refractivity contribution in [3.05, 3.63) is 40.8 Å². The molecule has 0 fully saturated rings. The fraction of sp³-hybridized carbons (Fsp3) is 0.273. The summed E-state index contributed by atoms with van der Waals surface area (Å²) in [6, 6.07) is 9.11. The third-order valence-corrected chi connectivity index (χ3v) is 2.43. The third-order valence-electron chi connectivity index (χ3n) is 2.43. The van der Waals surface area contributed by atoms with Crippen molar-refractivity contribution >= 4 is 11.7 Å². The lowest BCUT2D eigenvalue weighted by molar-refractivity contribution is -0.470. The Morgan fingerprint density at radius 1 is 1.25 bits per heavy atom. The molecule has 1 atom stereocenters. The van der Waals surface area contributed by atoms with E-state index in [-0.39, 0.29) is 6.02 Å². The number of methoxy groups -OCH3 is 1. The molecule has 2 rings (SSSR count). The molecule has 1 aliphatic heterocycles. The Morgan fingerprint density at radius 2 is 1.94 bits per heavy atom. The van der Waals surface area contributed by atoms with Gasteiger partial charge >= 0.3 is 6.02 Å². The minimum absolute atomic E-state index is 0.00724. The zero-order chi connectivity index (χ0) is 11.5. The highest BCUT2D eigenvalue weighted by Gasteiger charge is 2.36. The first-order valence-electron chi connectivity index (χ1n) is 4.95. The van der Waals surface area contributed by atoms with Crippen molar-refractivity contribution in [1.29, 1.82) is 0 Å². The van der Waals surface area contributed by atoms with Crippen molar-refractivity contribution in [2.24, 2.45) is 10.2 Å². The molecule has 0 N–H and O–H groups in total. The van der Waals surface area contributed by atoms with E-state index < -0.39 is 6.04 Å². The van der Waals surface area contributed by atoms with E-state index in [0.717, 1.165) is 10.3 Å². The first-order chi connectivity index (χ1) is 7.74. The van der Waals surface area contributed by atoms with Crippen molar-refractivity contribution < 1.29 is 9.50 Å². The Bertz CT molecular complexity index is 465. The molecule has 1 unspecified atom stereocenters. The molecule has 0 aromatic heterocycles. The maximum absolute atomic E-state index is 11.7. The highest BCUT2D eigenvalue weighted by molar-refractivity contribution is 6.04. The van der Waals surface area contributed by atoms with Crippen LogP contribution in [0.4, 0.5) is 0 Å². The van der Waals surface area contributed by atoms with Crippen LogP contribution in [0.15, 0.2) is 40.5 Å². The number of hydrogen-bond donors (Lipinski definition) is 0. The van der Waals surface area contributed by atoms with Crippen LogP contribution >= 0.6 is 0 Å². The summed E-state index contributed by atoms with van der Waals surface area (Å²) < 4.78 is 5.53. The second-order valence-electron chi connectivity index (χ2n) is 3.44.